The largest absolute Gasteiger partial charge is 0.329 e. The van der Waals surface area contributed by atoms with Crippen LogP contribution < -0.4 is 0 Å². The Kier molecular flexibility index (Phi) is 5.54. The maximum atomic E-state index is 13.2. The molecule has 0 saturated carbocycles. The highest BCUT2D eigenvalue weighted by atomic mass is 32.1. The number of thiophene rings is 2. The fourth-order valence-electron chi connectivity index (χ4n) is 4.09. The van der Waals surface area contributed by atoms with Gasteiger partial charge in [0.25, 0.3) is 0 Å². The van der Waals surface area contributed by atoms with Crippen molar-refractivity contribution in [3.8, 4) is 0 Å². The van der Waals surface area contributed by atoms with Gasteiger partial charge in [-0.15, -0.1) is 22.7 Å². The Labute approximate surface area is 158 Å². The molecule has 2 aliphatic rings. The second kappa shape index (κ2) is 8.02. The van der Waals surface area contributed by atoms with Crippen molar-refractivity contribution in [3.63, 3.8) is 0 Å². The molecule has 1 saturated heterocycles. The first-order chi connectivity index (χ1) is 12.3. The van der Waals surface area contributed by atoms with Crippen molar-refractivity contribution in [2.45, 2.75) is 44.6 Å². The number of rotatable bonds is 3. The quantitative estimate of drug-likeness (QED) is 0.787. The van der Waals surface area contributed by atoms with Crippen molar-refractivity contribution in [3.05, 3.63) is 44.3 Å². The summed E-state index contributed by atoms with van der Waals surface area (Å²) in [4.78, 5) is 20.5. The van der Waals surface area contributed by atoms with Gasteiger partial charge in [-0.1, -0.05) is 25.3 Å². The standard InChI is InChI=1S/C20H26N2OS2/c23-19(15-21-10-4-2-1-3-5-11-21)22-12-8-17-16(9-14-25-17)20(22)18-7-6-13-24-18/h6-7,9,13-14,20H,1-5,8,10-12,15H2. The summed E-state index contributed by atoms with van der Waals surface area (Å²) in [5.74, 6) is 0.302. The summed E-state index contributed by atoms with van der Waals surface area (Å²) in [5.41, 5.74) is 1.35. The zero-order valence-corrected chi connectivity index (χ0v) is 16.3. The van der Waals surface area contributed by atoms with Gasteiger partial charge >= 0.3 is 0 Å². The molecule has 2 aromatic rings. The maximum absolute atomic E-state index is 13.2. The zero-order chi connectivity index (χ0) is 17.1. The number of fused-ring (bicyclic) bond motifs is 1. The summed E-state index contributed by atoms with van der Waals surface area (Å²) < 4.78 is 0. The lowest BCUT2D eigenvalue weighted by Crippen LogP contribution is -2.45. The Morgan fingerprint density at radius 2 is 1.80 bits per heavy atom. The number of carbonyl (C=O) groups excluding carboxylic acids is 1. The van der Waals surface area contributed by atoms with Crippen LogP contribution in [0.3, 0.4) is 0 Å². The Hall–Kier alpha value is -1.17. The van der Waals surface area contributed by atoms with Gasteiger partial charge in [-0.05, 0) is 60.8 Å². The molecule has 134 valence electrons. The first kappa shape index (κ1) is 17.3. The Morgan fingerprint density at radius 1 is 1.00 bits per heavy atom. The molecule has 0 bridgehead atoms. The van der Waals surface area contributed by atoms with Crippen molar-refractivity contribution < 1.29 is 4.79 Å². The van der Waals surface area contributed by atoms with Gasteiger partial charge < -0.3 is 4.90 Å². The second-order valence-electron chi connectivity index (χ2n) is 7.10. The highest BCUT2D eigenvalue weighted by Crippen LogP contribution is 2.39. The fraction of sp³-hybridized carbons (Fsp3) is 0.550. The van der Waals surface area contributed by atoms with Gasteiger partial charge in [0.05, 0.1) is 12.6 Å². The van der Waals surface area contributed by atoms with Crippen LogP contribution >= 0.6 is 22.7 Å². The van der Waals surface area contributed by atoms with Gasteiger partial charge in [0, 0.05) is 16.3 Å². The molecule has 0 aliphatic carbocycles. The molecular weight excluding hydrogens is 348 g/mol. The lowest BCUT2D eigenvalue weighted by Gasteiger charge is -2.37. The van der Waals surface area contributed by atoms with E-state index in [4.69, 9.17) is 0 Å². The molecule has 0 spiro atoms. The van der Waals surface area contributed by atoms with Crippen LogP contribution in [-0.2, 0) is 11.2 Å². The van der Waals surface area contributed by atoms with Crippen LogP contribution in [0.1, 0.15) is 53.5 Å². The molecule has 0 radical (unpaired) electrons. The Balaban J connectivity index is 1.52. The highest BCUT2D eigenvalue weighted by molar-refractivity contribution is 7.10. The predicted octanol–water partition coefficient (Wildman–Crippen LogP) is 4.55. The summed E-state index contributed by atoms with van der Waals surface area (Å²) in [6, 6.07) is 6.62. The predicted molar refractivity (Wildman–Crippen MR) is 105 cm³/mol. The lowest BCUT2D eigenvalue weighted by molar-refractivity contribution is -0.134. The first-order valence-electron chi connectivity index (χ1n) is 9.44. The SMILES string of the molecule is O=C(CN1CCCCCCC1)N1CCc2sccc2C1c1cccs1. The van der Waals surface area contributed by atoms with E-state index in [0.717, 1.165) is 26.1 Å². The maximum Gasteiger partial charge on any atom is 0.237 e. The monoisotopic (exact) mass is 374 g/mol. The van der Waals surface area contributed by atoms with Gasteiger partial charge in [-0.2, -0.15) is 0 Å². The van der Waals surface area contributed by atoms with Crippen molar-refractivity contribution >= 4 is 28.6 Å². The number of hydrogen-bond acceptors (Lipinski definition) is 4. The Bertz CT molecular complexity index is 686. The van der Waals surface area contributed by atoms with Crippen molar-refractivity contribution in [1.82, 2.24) is 9.80 Å². The summed E-state index contributed by atoms with van der Waals surface area (Å²) in [7, 11) is 0. The smallest absolute Gasteiger partial charge is 0.237 e. The van der Waals surface area contributed by atoms with Gasteiger partial charge in [0.15, 0.2) is 0 Å². The molecule has 25 heavy (non-hydrogen) atoms. The van der Waals surface area contributed by atoms with Crippen LogP contribution in [0.25, 0.3) is 0 Å². The molecule has 5 heteroatoms. The van der Waals surface area contributed by atoms with Crippen LogP contribution in [0.15, 0.2) is 29.0 Å². The molecule has 2 aliphatic heterocycles. The third kappa shape index (κ3) is 3.83. The minimum absolute atomic E-state index is 0.122. The minimum Gasteiger partial charge on any atom is -0.329 e. The lowest BCUT2D eigenvalue weighted by atomic mass is 9.98. The van der Waals surface area contributed by atoms with E-state index in [1.54, 1.807) is 11.3 Å². The van der Waals surface area contributed by atoms with E-state index in [1.165, 1.54) is 47.4 Å². The zero-order valence-electron chi connectivity index (χ0n) is 14.7. The molecular formula is C20H26N2OS2. The topological polar surface area (TPSA) is 23.6 Å². The molecule has 4 heterocycles. The van der Waals surface area contributed by atoms with Crippen LogP contribution in [0.5, 0.6) is 0 Å². The van der Waals surface area contributed by atoms with Crippen LogP contribution in [-0.4, -0.2) is 41.9 Å². The van der Waals surface area contributed by atoms with Gasteiger partial charge in [0.1, 0.15) is 0 Å². The van der Waals surface area contributed by atoms with Gasteiger partial charge in [-0.25, -0.2) is 0 Å². The molecule has 0 aromatic carbocycles. The van der Waals surface area contributed by atoms with E-state index < -0.39 is 0 Å². The minimum atomic E-state index is 0.122. The van der Waals surface area contributed by atoms with Crippen LogP contribution in [0, 0.1) is 0 Å². The van der Waals surface area contributed by atoms with Crippen molar-refractivity contribution in [2.75, 3.05) is 26.2 Å². The third-order valence-corrected chi connectivity index (χ3v) is 7.33. The van der Waals surface area contributed by atoms with E-state index in [2.05, 4.69) is 38.8 Å². The number of hydrogen-bond donors (Lipinski definition) is 0. The molecule has 2 aromatic heterocycles. The number of nitrogens with zero attached hydrogens (tertiary/aromatic N) is 2. The molecule has 0 N–H and O–H groups in total. The molecule has 1 amide bonds. The number of carbonyl (C=O) groups is 1. The highest BCUT2D eigenvalue weighted by Gasteiger charge is 2.33. The summed E-state index contributed by atoms with van der Waals surface area (Å²) in [5, 5.41) is 4.30. The molecule has 4 rings (SSSR count). The first-order valence-corrected chi connectivity index (χ1v) is 11.2. The van der Waals surface area contributed by atoms with Crippen LogP contribution in [0.2, 0.25) is 0 Å². The molecule has 1 atom stereocenters. The molecule has 3 nitrogen and oxygen atoms in total. The van der Waals surface area contributed by atoms with Crippen molar-refractivity contribution in [2.24, 2.45) is 0 Å². The van der Waals surface area contributed by atoms with E-state index in [1.807, 2.05) is 11.3 Å². The van der Waals surface area contributed by atoms with E-state index in [9.17, 15) is 4.79 Å². The van der Waals surface area contributed by atoms with E-state index >= 15 is 0 Å². The van der Waals surface area contributed by atoms with Gasteiger partial charge in [-0.3, -0.25) is 9.69 Å². The normalized spacial score (nSPS) is 22.2. The average molecular weight is 375 g/mol. The number of amides is 1. The molecule has 1 unspecified atom stereocenters. The van der Waals surface area contributed by atoms with Crippen LogP contribution in [0.4, 0.5) is 0 Å². The summed E-state index contributed by atoms with van der Waals surface area (Å²) in [6.07, 6.45) is 7.44. The number of likely N-dealkylation sites (tertiary alicyclic amines) is 1. The fourth-order valence-corrected chi connectivity index (χ4v) is 5.85. The van der Waals surface area contributed by atoms with E-state index in [-0.39, 0.29) is 6.04 Å². The van der Waals surface area contributed by atoms with Gasteiger partial charge in [0.2, 0.25) is 5.91 Å². The third-order valence-electron chi connectivity index (χ3n) is 5.41. The average Bonchev–Trinajstić information content (AvgIpc) is 3.27. The summed E-state index contributed by atoms with van der Waals surface area (Å²) >= 11 is 3.60. The van der Waals surface area contributed by atoms with Crippen molar-refractivity contribution in [1.29, 1.82) is 0 Å². The summed E-state index contributed by atoms with van der Waals surface area (Å²) in [6.45, 7) is 3.59. The molecule has 1 fully saturated rings. The second-order valence-corrected chi connectivity index (χ2v) is 9.08. The Morgan fingerprint density at radius 3 is 2.56 bits per heavy atom. The van der Waals surface area contributed by atoms with E-state index in [0.29, 0.717) is 12.5 Å².